The van der Waals surface area contributed by atoms with Crippen molar-refractivity contribution >= 4 is 50.5 Å². The molecule has 1 aromatic heterocycles. The largest absolute Gasteiger partial charge is 0.330 e. The van der Waals surface area contributed by atoms with Crippen molar-refractivity contribution in [1.82, 2.24) is 9.78 Å². The van der Waals surface area contributed by atoms with Crippen molar-refractivity contribution in [3.8, 4) is 0 Å². The zero-order chi connectivity index (χ0) is 13.3. The van der Waals surface area contributed by atoms with Gasteiger partial charge in [0.2, 0.25) is 0 Å². The highest BCUT2D eigenvalue weighted by atomic mass is 79.9. The average molecular weight is 345 g/mol. The molecule has 1 heterocycles. The maximum Gasteiger partial charge on any atom is 0.198 e. The van der Waals surface area contributed by atoms with Gasteiger partial charge in [-0.15, -0.1) is 0 Å². The van der Waals surface area contributed by atoms with Crippen LogP contribution in [0.2, 0.25) is 5.02 Å². The summed E-state index contributed by atoms with van der Waals surface area (Å²) in [6.07, 6.45) is 0. The number of benzene rings is 1. The van der Waals surface area contributed by atoms with Crippen LogP contribution in [-0.4, -0.2) is 14.9 Å². The van der Waals surface area contributed by atoms with Crippen molar-refractivity contribution in [2.24, 2.45) is 0 Å². The first-order valence-electron chi connectivity index (χ1n) is 5.27. The monoisotopic (exact) mass is 343 g/mol. The molecule has 0 radical (unpaired) electrons. The van der Waals surface area contributed by atoms with Gasteiger partial charge in [0.05, 0.1) is 16.4 Å². The molecule has 0 bridgehead atoms. The van der Waals surface area contributed by atoms with Crippen LogP contribution in [0.15, 0.2) is 28.7 Å². The number of anilines is 1. The summed E-state index contributed by atoms with van der Waals surface area (Å²) < 4.78 is 2.61. The van der Waals surface area contributed by atoms with Gasteiger partial charge in [-0.1, -0.05) is 27.5 Å². The number of aromatic nitrogens is 2. The van der Waals surface area contributed by atoms with Crippen LogP contribution in [-0.2, 0) is 0 Å². The van der Waals surface area contributed by atoms with E-state index in [0.29, 0.717) is 10.1 Å². The van der Waals surface area contributed by atoms with E-state index in [-0.39, 0.29) is 0 Å². The summed E-state index contributed by atoms with van der Waals surface area (Å²) in [5.41, 5.74) is 2.68. The van der Waals surface area contributed by atoms with Crippen molar-refractivity contribution in [2.75, 3.05) is 5.32 Å². The molecule has 1 aromatic carbocycles. The van der Waals surface area contributed by atoms with Gasteiger partial charge in [-0.2, -0.15) is 5.10 Å². The Morgan fingerprint density at radius 3 is 2.67 bits per heavy atom. The Hall–Kier alpha value is -0.910. The number of hydrogen-bond donors (Lipinski definition) is 1. The van der Waals surface area contributed by atoms with Crippen LogP contribution in [0, 0.1) is 13.8 Å². The fourth-order valence-corrected chi connectivity index (χ4v) is 2.61. The van der Waals surface area contributed by atoms with Crippen LogP contribution >= 0.6 is 39.7 Å². The Morgan fingerprint density at radius 2 is 2.11 bits per heavy atom. The maximum atomic E-state index is 6.12. The number of aryl methyl sites for hydroxylation is 2. The lowest BCUT2D eigenvalue weighted by Crippen LogP contribution is -2.21. The predicted molar refractivity (Wildman–Crippen MR) is 82.5 cm³/mol. The van der Waals surface area contributed by atoms with Crippen LogP contribution in [0.25, 0.3) is 0 Å². The van der Waals surface area contributed by atoms with Crippen LogP contribution < -0.4 is 5.32 Å². The first-order valence-corrected chi connectivity index (χ1v) is 6.85. The van der Waals surface area contributed by atoms with Gasteiger partial charge < -0.3 is 5.32 Å². The number of halogens is 2. The first kappa shape index (κ1) is 13.5. The molecule has 0 aliphatic heterocycles. The van der Waals surface area contributed by atoms with Crippen molar-refractivity contribution in [2.45, 2.75) is 13.8 Å². The molecule has 0 amide bonds. The number of thiocarbonyl (C=S) groups is 1. The summed E-state index contributed by atoms with van der Waals surface area (Å²) in [5, 5.41) is 8.51. The van der Waals surface area contributed by atoms with Gasteiger partial charge in [-0.05, 0) is 50.3 Å². The number of nitrogens with zero attached hydrogens (tertiary/aromatic N) is 2. The summed E-state index contributed by atoms with van der Waals surface area (Å²) in [4.78, 5) is 0. The zero-order valence-electron chi connectivity index (χ0n) is 9.87. The van der Waals surface area contributed by atoms with E-state index in [1.165, 1.54) is 0 Å². The predicted octanol–water partition coefficient (Wildman–Crippen LogP) is 4.16. The quantitative estimate of drug-likeness (QED) is 0.788. The van der Waals surface area contributed by atoms with Crippen molar-refractivity contribution < 1.29 is 0 Å². The third kappa shape index (κ3) is 2.91. The van der Waals surface area contributed by atoms with Crippen LogP contribution in [0.3, 0.4) is 0 Å². The molecular formula is C12H11BrClN3S. The van der Waals surface area contributed by atoms with E-state index in [2.05, 4.69) is 26.3 Å². The lowest BCUT2D eigenvalue weighted by Gasteiger charge is -2.11. The average Bonchev–Trinajstić information content (AvgIpc) is 2.62. The Bertz CT molecular complexity index is 609. The minimum Gasteiger partial charge on any atom is -0.330 e. The second-order valence-corrected chi connectivity index (χ2v) is 5.60. The highest BCUT2D eigenvalue weighted by Gasteiger charge is 2.08. The van der Waals surface area contributed by atoms with Crippen molar-refractivity contribution in [3.63, 3.8) is 0 Å². The van der Waals surface area contributed by atoms with Gasteiger partial charge in [0, 0.05) is 10.2 Å². The van der Waals surface area contributed by atoms with Gasteiger partial charge in [0.25, 0.3) is 0 Å². The van der Waals surface area contributed by atoms with E-state index in [0.717, 1.165) is 21.5 Å². The molecule has 0 aliphatic rings. The summed E-state index contributed by atoms with van der Waals surface area (Å²) in [5.74, 6) is 0. The summed E-state index contributed by atoms with van der Waals surface area (Å²) in [6.45, 7) is 3.88. The number of rotatable bonds is 1. The van der Waals surface area contributed by atoms with Gasteiger partial charge >= 0.3 is 0 Å². The molecule has 0 aliphatic carbocycles. The summed E-state index contributed by atoms with van der Waals surface area (Å²) in [6, 6.07) is 7.55. The van der Waals surface area contributed by atoms with E-state index in [1.807, 2.05) is 38.1 Å². The molecule has 6 heteroatoms. The zero-order valence-corrected chi connectivity index (χ0v) is 13.0. The second-order valence-electron chi connectivity index (χ2n) is 3.89. The molecule has 1 N–H and O–H groups in total. The third-order valence-corrected chi connectivity index (χ3v) is 3.46. The third-order valence-electron chi connectivity index (χ3n) is 2.37. The molecule has 0 fully saturated rings. The summed E-state index contributed by atoms with van der Waals surface area (Å²) in [7, 11) is 0. The molecule has 2 aromatic rings. The molecule has 0 saturated carbocycles. The molecule has 2 rings (SSSR count). The van der Waals surface area contributed by atoms with Crippen LogP contribution in [0.5, 0.6) is 0 Å². The lowest BCUT2D eigenvalue weighted by atomic mass is 10.3. The number of nitrogens with one attached hydrogen (secondary N) is 1. The Balaban J connectivity index is 2.24. The normalized spacial score (nSPS) is 10.4. The van der Waals surface area contributed by atoms with Gasteiger partial charge in [0.1, 0.15) is 0 Å². The Morgan fingerprint density at radius 1 is 1.39 bits per heavy atom. The standard InChI is InChI=1S/C12H11BrClN3S/c1-7-5-8(2)17(16-7)12(18)15-11-4-3-9(13)6-10(11)14/h3-6H,1-2H3,(H,15,18). The SMILES string of the molecule is Cc1cc(C)n(C(=S)Nc2ccc(Br)cc2Cl)n1. The minimum absolute atomic E-state index is 0.504. The molecule has 94 valence electrons. The van der Waals surface area contributed by atoms with Crippen LogP contribution in [0.4, 0.5) is 5.69 Å². The van der Waals surface area contributed by atoms with E-state index in [4.69, 9.17) is 23.8 Å². The van der Waals surface area contributed by atoms with E-state index >= 15 is 0 Å². The highest BCUT2D eigenvalue weighted by molar-refractivity contribution is 9.10. The topological polar surface area (TPSA) is 29.9 Å². The lowest BCUT2D eigenvalue weighted by molar-refractivity contribution is 0.892. The first-order chi connectivity index (χ1) is 8.47. The fraction of sp³-hybridized carbons (Fsp3) is 0.167. The molecule has 18 heavy (non-hydrogen) atoms. The molecule has 0 atom stereocenters. The Kier molecular flexibility index (Phi) is 4.04. The van der Waals surface area contributed by atoms with Gasteiger partial charge in [-0.3, -0.25) is 0 Å². The minimum atomic E-state index is 0.504. The molecule has 0 spiro atoms. The van der Waals surface area contributed by atoms with Crippen molar-refractivity contribution in [1.29, 1.82) is 0 Å². The fourth-order valence-electron chi connectivity index (χ4n) is 1.59. The Labute approximate surface area is 124 Å². The second kappa shape index (κ2) is 5.38. The van der Waals surface area contributed by atoms with E-state index in [9.17, 15) is 0 Å². The van der Waals surface area contributed by atoms with Gasteiger partial charge in [0.15, 0.2) is 5.11 Å². The van der Waals surface area contributed by atoms with E-state index < -0.39 is 0 Å². The smallest absolute Gasteiger partial charge is 0.198 e. The van der Waals surface area contributed by atoms with Crippen molar-refractivity contribution in [3.05, 3.63) is 45.1 Å². The molecule has 0 saturated heterocycles. The van der Waals surface area contributed by atoms with E-state index in [1.54, 1.807) is 4.68 Å². The number of hydrogen-bond acceptors (Lipinski definition) is 2. The highest BCUT2D eigenvalue weighted by Crippen LogP contribution is 2.25. The summed E-state index contributed by atoms with van der Waals surface area (Å²) >= 11 is 14.8. The molecule has 0 unspecified atom stereocenters. The maximum absolute atomic E-state index is 6.12. The van der Waals surface area contributed by atoms with Gasteiger partial charge in [-0.25, -0.2) is 4.68 Å². The van der Waals surface area contributed by atoms with Crippen LogP contribution in [0.1, 0.15) is 11.4 Å². The molecule has 3 nitrogen and oxygen atoms in total. The molecular weight excluding hydrogens is 334 g/mol.